The summed E-state index contributed by atoms with van der Waals surface area (Å²) in [6.45, 7) is 2.29. The van der Waals surface area contributed by atoms with Crippen molar-refractivity contribution in [3.63, 3.8) is 0 Å². The van der Waals surface area contributed by atoms with Gasteiger partial charge in [-0.2, -0.15) is 0 Å². The minimum Gasteiger partial charge on any atom is -0.497 e. The second-order valence-corrected chi connectivity index (χ2v) is 7.83. The predicted molar refractivity (Wildman–Crippen MR) is 121 cm³/mol. The Labute approximate surface area is 182 Å². The van der Waals surface area contributed by atoms with Crippen LogP contribution in [0.25, 0.3) is 0 Å². The average molecular weight is 415 g/mol. The summed E-state index contributed by atoms with van der Waals surface area (Å²) >= 11 is 0. The Hall–Kier alpha value is -3.44. The van der Waals surface area contributed by atoms with Crippen LogP contribution in [0.1, 0.15) is 37.9 Å². The van der Waals surface area contributed by atoms with E-state index in [1.807, 2.05) is 23.1 Å². The number of ketones is 1. The van der Waals surface area contributed by atoms with Gasteiger partial charge in [0.25, 0.3) is 5.91 Å². The number of carbonyl (C=O) groups is 2. The van der Waals surface area contributed by atoms with Crippen LogP contribution < -0.4 is 4.74 Å². The molecule has 1 amide bonds. The molecule has 5 heteroatoms. The number of ether oxygens (including phenoxy) is 1. The fourth-order valence-electron chi connectivity index (χ4n) is 3.98. The monoisotopic (exact) mass is 414 g/mol. The third-order valence-corrected chi connectivity index (χ3v) is 5.75. The number of nitrogens with zero attached hydrogens (tertiary/aromatic N) is 2. The highest BCUT2D eigenvalue weighted by molar-refractivity contribution is 6.09. The van der Waals surface area contributed by atoms with E-state index in [9.17, 15) is 9.59 Å². The van der Waals surface area contributed by atoms with Gasteiger partial charge in [-0.3, -0.25) is 9.59 Å². The van der Waals surface area contributed by atoms with Gasteiger partial charge >= 0.3 is 0 Å². The van der Waals surface area contributed by atoms with Crippen LogP contribution in [-0.4, -0.2) is 55.3 Å². The Morgan fingerprint density at radius 3 is 2.26 bits per heavy atom. The van der Waals surface area contributed by atoms with E-state index in [-0.39, 0.29) is 17.7 Å². The van der Waals surface area contributed by atoms with Gasteiger partial charge in [-0.05, 0) is 36.9 Å². The Bertz CT molecular complexity index is 1060. The third kappa shape index (κ3) is 4.52. The second-order valence-electron chi connectivity index (χ2n) is 7.83. The summed E-state index contributed by atoms with van der Waals surface area (Å²) in [4.78, 5) is 30.3. The van der Waals surface area contributed by atoms with Crippen LogP contribution in [0.3, 0.4) is 0 Å². The normalized spacial score (nSPS) is 16.7. The molecule has 4 rings (SSSR count). The Kier molecular flexibility index (Phi) is 6.14. The van der Waals surface area contributed by atoms with Crippen molar-refractivity contribution in [1.82, 2.24) is 9.80 Å². The van der Waals surface area contributed by atoms with E-state index in [0.717, 1.165) is 18.7 Å². The molecule has 0 aromatic heterocycles. The maximum Gasteiger partial charge on any atom is 0.254 e. The first-order valence-corrected chi connectivity index (χ1v) is 10.4. The number of piperazine rings is 1. The predicted octanol–water partition coefficient (Wildman–Crippen LogP) is 4.06. The van der Waals surface area contributed by atoms with Gasteiger partial charge in [0.15, 0.2) is 5.78 Å². The van der Waals surface area contributed by atoms with Crippen molar-refractivity contribution in [3.8, 4) is 5.75 Å². The topological polar surface area (TPSA) is 49.9 Å². The van der Waals surface area contributed by atoms with Crippen LogP contribution >= 0.6 is 0 Å². The van der Waals surface area contributed by atoms with E-state index in [2.05, 4.69) is 24.1 Å². The van der Waals surface area contributed by atoms with Crippen LogP contribution in [0.15, 0.2) is 78.9 Å². The number of likely N-dealkylation sites (N-methyl/N-ethyl adjacent to an activating group) is 1. The van der Waals surface area contributed by atoms with Gasteiger partial charge in [0.1, 0.15) is 5.75 Å². The summed E-state index contributed by atoms with van der Waals surface area (Å²) in [6.07, 6.45) is 0. The molecule has 1 unspecified atom stereocenters. The van der Waals surface area contributed by atoms with E-state index in [4.69, 9.17) is 4.74 Å². The quantitative estimate of drug-likeness (QED) is 0.591. The zero-order chi connectivity index (χ0) is 21.8. The molecule has 1 aliphatic rings. The first-order chi connectivity index (χ1) is 15.1. The first kappa shape index (κ1) is 20.8. The first-order valence-electron chi connectivity index (χ1n) is 10.4. The van der Waals surface area contributed by atoms with Crippen LogP contribution in [0.5, 0.6) is 5.75 Å². The molecule has 0 saturated carbocycles. The molecule has 3 aromatic carbocycles. The highest BCUT2D eigenvalue weighted by atomic mass is 16.5. The summed E-state index contributed by atoms with van der Waals surface area (Å²) in [5, 5.41) is 0. The van der Waals surface area contributed by atoms with E-state index in [0.29, 0.717) is 29.0 Å². The number of hydrogen-bond acceptors (Lipinski definition) is 4. The van der Waals surface area contributed by atoms with Gasteiger partial charge < -0.3 is 14.5 Å². The molecular weight excluding hydrogens is 388 g/mol. The minimum atomic E-state index is -0.0975. The van der Waals surface area contributed by atoms with E-state index >= 15 is 0 Å². The Balaban J connectivity index is 1.55. The molecule has 31 heavy (non-hydrogen) atoms. The van der Waals surface area contributed by atoms with Crippen LogP contribution in [0.2, 0.25) is 0 Å². The van der Waals surface area contributed by atoms with E-state index < -0.39 is 0 Å². The van der Waals surface area contributed by atoms with Crippen molar-refractivity contribution >= 4 is 11.7 Å². The number of amides is 1. The fourth-order valence-corrected chi connectivity index (χ4v) is 3.98. The number of carbonyl (C=O) groups excluding carboxylic acids is 2. The van der Waals surface area contributed by atoms with Gasteiger partial charge in [0, 0.05) is 36.3 Å². The molecule has 0 aliphatic carbocycles. The lowest BCUT2D eigenvalue weighted by Crippen LogP contribution is -2.49. The maximum atomic E-state index is 13.3. The Morgan fingerprint density at radius 1 is 0.839 bits per heavy atom. The molecule has 0 radical (unpaired) electrons. The average Bonchev–Trinajstić information content (AvgIpc) is 2.84. The maximum absolute atomic E-state index is 13.3. The van der Waals surface area contributed by atoms with Crippen molar-refractivity contribution < 1.29 is 14.3 Å². The molecular formula is C26H26N2O3. The van der Waals surface area contributed by atoms with Crippen LogP contribution in [0.4, 0.5) is 0 Å². The SMILES string of the molecule is COc1cccc(C(=O)c2ccc(C(=O)N3CCN(C)CC3c3ccccc3)cc2)c1. The third-order valence-electron chi connectivity index (χ3n) is 5.75. The van der Waals surface area contributed by atoms with E-state index in [1.54, 1.807) is 55.6 Å². The second kappa shape index (κ2) is 9.14. The zero-order valence-corrected chi connectivity index (χ0v) is 17.8. The summed E-state index contributed by atoms with van der Waals surface area (Å²) < 4.78 is 5.21. The van der Waals surface area contributed by atoms with E-state index in [1.165, 1.54) is 0 Å². The summed E-state index contributed by atoms with van der Waals surface area (Å²) in [7, 11) is 3.65. The molecule has 158 valence electrons. The van der Waals surface area contributed by atoms with Crippen LogP contribution in [-0.2, 0) is 0 Å². The molecule has 1 fully saturated rings. The number of hydrogen-bond donors (Lipinski definition) is 0. The smallest absolute Gasteiger partial charge is 0.254 e. The largest absolute Gasteiger partial charge is 0.497 e. The summed E-state index contributed by atoms with van der Waals surface area (Å²) in [5.41, 5.74) is 2.82. The molecule has 1 heterocycles. The molecule has 3 aromatic rings. The van der Waals surface area contributed by atoms with Crippen molar-refractivity contribution in [2.75, 3.05) is 33.8 Å². The van der Waals surface area contributed by atoms with Crippen molar-refractivity contribution in [3.05, 3.63) is 101 Å². The standard InChI is InChI=1S/C26H26N2O3/c1-27-15-16-28(24(18-27)19-7-4-3-5-8-19)26(30)21-13-11-20(12-14-21)25(29)22-9-6-10-23(17-22)31-2/h3-14,17,24H,15-16,18H2,1-2H3. The number of rotatable bonds is 5. The summed E-state index contributed by atoms with van der Waals surface area (Å²) in [5.74, 6) is 0.529. The molecule has 1 aliphatic heterocycles. The zero-order valence-electron chi connectivity index (χ0n) is 17.8. The highest BCUT2D eigenvalue weighted by Gasteiger charge is 2.30. The Morgan fingerprint density at radius 2 is 1.55 bits per heavy atom. The molecule has 0 N–H and O–H groups in total. The number of methoxy groups -OCH3 is 1. The summed E-state index contributed by atoms with van der Waals surface area (Å²) in [6, 6.07) is 24.2. The lowest BCUT2D eigenvalue weighted by molar-refractivity contribution is 0.0498. The lowest BCUT2D eigenvalue weighted by Gasteiger charge is -2.40. The van der Waals surface area contributed by atoms with Crippen molar-refractivity contribution in [1.29, 1.82) is 0 Å². The van der Waals surface area contributed by atoms with Gasteiger partial charge in [0.05, 0.1) is 13.2 Å². The lowest BCUT2D eigenvalue weighted by atomic mass is 9.99. The fraction of sp³-hybridized carbons (Fsp3) is 0.231. The highest BCUT2D eigenvalue weighted by Crippen LogP contribution is 2.27. The van der Waals surface area contributed by atoms with Gasteiger partial charge in [-0.1, -0.05) is 54.6 Å². The van der Waals surface area contributed by atoms with Gasteiger partial charge in [0.2, 0.25) is 0 Å². The molecule has 0 spiro atoms. The molecule has 1 saturated heterocycles. The van der Waals surface area contributed by atoms with Gasteiger partial charge in [-0.25, -0.2) is 0 Å². The minimum absolute atomic E-state index is 0.00513. The number of benzene rings is 3. The van der Waals surface area contributed by atoms with Crippen LogP contribution in [0, 0.1) is 0 Å². The van der Waals surface area contributed by atoms with Crippen molar-refractivity contribution in [2.45, 2.75) is 6.04 Å². The molecule has 5 nitrogen and oxygen atoms in total. The van der Waals surface area contributed by atoms with Gasteiger partial charge in [-0.15, -0.1) is 0 Å². The molecule has 0 bridgehead atoms. The van der Waals surface area contributed by atoms with Crippen molar-refractivity contribution in [2.24, 2.45) is 0 Å². The molecule has 1 atom stereocenters.